The SMILES string of the molecule is O=c1[nH]c2cnccc2n1SC1CC1. The number of rotatable bonds is 2. The second kappa shape index (κ2) is 2.88. The lowest BCUT2D eigenvalue weighted by molar-refractivity contribution is 1.14. The third kappa shape index (κ3) is 1.24. The Morgan fingerprint density at radius 3 is 3.21 bits per heavy atom. The lowest BCUT2D eigenvalue weighted by Crippen LogP contribution is -2.11. The smallest absolute Gasteiger partial charge is 0.303 e. The normalized spacial score (nSPS) is 16.3. The van der Waals surface area contributed by atoms with Crippen molar-refractivity contribution in [1.29, 1.82) is 0 Å². The largest absolute Gasteiger partial charge is 0.336 e. The Hall–Kier alpha value is -1.23. The van der Waals surface area contributed by atoms with Crippen LogP contribution in [0.4, 0.5) is 0 Å². The van der Waals surface area contributed by atoms with E-state index in [1.807, 2.05) is 6.07 Å². The zero-order chi connectivity index (χ0) is 9.54. The highest BCUT2D eigenvalue weighted by atomic mass is 32.2. The topological polar surface area (TPSA) is 50.7 Å². The highest BCUT2D eigenvalue weighted by Crippen LogP contribution is 2.35. The van der Waals surface area contributed by atoms with E-state index >= 15 is 0 Å². The van der Waals surface area contributed by atoms with Gasteiger partial charge in [-0.3, -0.25) is 4.98 Å². The Bertz CT molecular complexity index is 526. The molecule has 0 radical (unpaired) electrons. The molecule has 4 nitrogen and oxygen atoms in total. The number of aromatic amines is 1. The molecule has 1 aliphatic rings. The number of nitrogens with one attached hydrogen (secondary N) is 1. The lowest BCUT2D eigenvalue weighted by atomic mass is 10.4. The third-order valence-electron chi connectivity index (χ3n) is 2.22. The predicted molar refractivity (Wildman–Crippen MR) is 56.4 cm³/mol. The summed E-state index contributed by atoms with van der Waals surface area (Å²) in [6.07, 6.45) is 5.82. The monoisotopic (exact) mass is 207 g/mol. The maximum absolute atomic E-state index is 11.6. The fraction of sp³-hybridized carbons (Fsp3) is 0.333. The molecule has 2 aromatic rings. The van der Waals surface area contributed by atoms with E-state index in [4.69, 9.17) is 0 Å². The maximum Gasteiger partial charge on any atom is 0.336 e. The molecule has 0 amide bonds. The van der Waals surface area contributed by atoms with Crippen LogP contribution >= 0.6 is 11.9 Å². The van der Waals surface area contributed by atoms with E-state index in [-0.39, 0.29) is 5.69 Å². The average molecular weight is 207 g/mol. The molecule has 2 aromatic heterocycles. The van der Waals surface area contributed by atoms with Crippen molar-refractivity contribution in [2.45, 2.75) is 18.1 Å². The molecule has 14 heavy (non-hydrogen) atoms. The van der Waals surface area contributed by atoms with Crippen molar-refractivity contribution >= 4 is 23.0 Å². The van der Waals surface area contributed by atoms with Crippen LogP contribution in [-0.2, 0) is 0 Å². The summed E-state index contributed by atoms with van der Waals surface area (Å²) >= 11 is 1.62. The molecule has 3 rings (SSSR count). The minimum Gasteiger partial charge on any atom is -0.303 e. The Morgan fingerprint density at radius 1 is 1.57 bits per heavy atom. The van der Waals surface area contributed by atoms with Crippen molar-refractivity contribution in [3.05, 3.63) is 28.9 Å². The summed E-state index contributed by atoms with van der Waals surface area (Å²) in [4.78, 5) is 18.3. The summed E-state index contributed by atoms with van der Waals surface area (Å²) in [5.74, 6) is 0. The van der Waals surface area contributed by atoms with Crippen LogP contribution in [0.15, 0.2) is 23.3 Å². The van der Waals surface area contributed by atoms with Crippen molar-refractivity contribution in [1.82, 2.24) is 13.9 Å². The van der Waals surface area contributed by atoms with Gasteiger partial charge >= 0.3 is 5.69 Å². The number of hydrogen-bond donors (Lipinski definition) is 1. The fourth-order valence-corrected chi connectivity index (χ4v) is 2.42. The van der Waals surface area contributed by atoms with Crippen LogP contribution in [0.25, 0.3) is 11.0 Å². The van der Waals surface area contributed by atoms with E-state index < -0.39 is 0 Å². The second-order valence-corrected chi connectivity index (χ2v) is 4.66. The van der Waals surface area contributed by atoms with Crippen molar-refractivity contribution in [2.24, 2.45) is 0 Å². The quantitative estimate of drug-likeness (QED) is 0.809. The summed E-state index contributed by atoms with van der Waals surface area (Å²) < 4.78 is 1.73. The highest BCUT2D eigenvalue weighted by molar-refractivity contribution is 7.98. The first-order chi connectivity index (χ1) is 6.84. The van der Waals surface area contributed by atoms with Crippen LogP contribution in [0.1, 0.15) is 12.8 Å². The van der Waals surface area contributed by atoms with Crippen molar-refractivity contribution in [3.8, 4) is 0 Å². The molecule has 1 aliphatic carbocycles. The van der Waals surface area contributed by atoms with E-state index in [1.165, 1.54) is 12.8 Å². The summed E-state index contributed by atoms with van der Waals surface area (Å²) in [5.41, 5.74) is 1.69. The van der Waals surface area contributed by atoms with E-state index in [1.54, 1.807) is 28.3 Å². The first-order valence-corrected chi connectivity index (χ1v) is 5.40. The number of fused-ring (bicyclic) bond motifs is 1. The molecule has 0 unspecified atom stereocenters. The van der Waals surface area contributed by atoms with Crippen molar-refractivity contribution in [3.63, 3.8) is 0 Å². The molecule has 1 N–H and O–H groups in total. The minimum absolute atomic E-state index is 0.0510. The Labute approximate surface area is 84.5 Å². The number of imidazole rings is 1. The number of pyridine rings is 1. The molecule has 2 heterocycles. The lowest BCUT2D eigenvalue weighted by Gasteiger charge is -1.98. The molecule has 0 spiro atoms. The van der Waals surface area contributed by atoms with Gasteiger partial charge in [0.05, 0.1) is 17.2 Å². The van der Waals surface area contributed by atoms with Gasteiger partial charge in [-0.1, -0.05) is 0 Å². The molecule has 0 atom stereocenters. The van der Waals surface area contributed by atoms with Crippen LogP contribution in [-0.4, -0.2) is 19.2 Å². The summed E-state index contributed by atoms with van der Waals surface area (Å²) in [7, 11) is 0. The maximum atomic E-state index is 11.6. The zero-order valence-corrected chi connectivity index (χ0v) is 8.25. The van der Waals surface area contributed by atoms with Gasteiger partial charge in [-0.05, 0) is 30.9 Å². The van der Waals surface area contributed by atoms with Crippen LogP contribution in [0.3, 0.4) is 0 Å². The Balaban J connectivity index is 2.18. The van der Waals surface area contributed by atoms with E-state index in [0.29, 0.717) is 5.25 Å². The predicted octanol–water partition coefficient (Wildman–Crippen LogP) is 1.38. The Kier molecular flexibility index (Phi) is 1.67. The van der Waals surface area contributed by atoms with Gasteiger partial charge in [0, 0.05) is 11.4 Å². The van der Waals surface area contributed by atoms with Crippen molar-refractivity contribution in [2.75, 3.05) is 0 Å². The molecule has 0 aliphatic heterocycles. The Morgan fingerprint density at radius 2 is 2.43 bits per heavy atom. The second-order valence-electron chi connectivity index (χ2n) is 3.42. The van der Waals surface area contributed by atoms with Crippen LogP contribution in [0.5, 0.6) is 0 Å². The zero-order valence-electron chi connectivity index (χ0n) is 7.43. The molecule has 0 saturated heterocycles. The summed E-state index contributed by atoms with van der Waals surface area (Å²) in [5, 5.41) is 0.625. The van der Waals surface area contributed by atoms with Gasteiger partial charge in [0.2, 0.25) is 0 Å². The number of nitrogens with zero attached hydrogens (tertiary/aromatic N) is 2. The number of H-pyrrole nitrogens is 1. The average Bonchev–Trinajstić information content (AvgIpc) is 2.93. The van der Waals surface area contributed by atoms with Crippen LogP contribution in [0.2, 0.25) is 0 Å². The summed E-state index contributed by atoms with van der Waals surface area (Å²) in [6.45, 7) is 0. The molecule has 0 aromatic carbocycles. The van der Waals surface area contributed by atoms with E-state index in [0.717, 1.165) is 11.0 Å². The number of aromatic nitrogens is 3. The third-order valence-corrected chi connectivity index (χ3v) is 3.56. The first kappa shape index (κ1) is 8.11. The summed E-state index contributed by atoms with van der Waals surface area (Å²) in [6, 6.07) is 1.86. The molecule has 5 heteroatoms. The van der Waals surface area contributed by atoms with Crippen molar-refractivity contribution < 1.29 is 0 Å². The van der Waals surface area contributed by atoms with Gasteiger partial charge in [0.25, 0.3) is 0 Å². The van der Waals surface area contributed by atoms with Crippen LogP contribution in [0, 0.1) is 0 Å². The molecule has 1 fully saturated rings. The van der Waals surface area contributed by atoms with Gasteiger partial charge in [-0.15, -0.1) is 0 Å². The van der Waals surface area contributed by atoms with E-state index in [2.05, 4.69) is 9.97 Å². The molecule has 1 saturated carbocycles. The highest BCUT2D eigenvalue weighted by Gasteiger charge is 2.24. The van der Waals surface area contributed by atoms with Gasteiger partial charge in [-0.25, -0.2) is 8.77 Å². The van der Waals surface area contributed by atoms with Gasteiger partial charge in [0.15, 0.2) is 0 Å². The molecule has 72 valence electrons. The fourth-order valence-electron chi connectivity index (χ4n) is 1.36. The van der Waals surface area contributed by atoms with E-state index in [9.17, 15) is 4.79 Å². The molecule has 0 bridgehead atoms. The molecular weight excluding hydrogens is 198 g/mol. The van der Waals surface area contributed by atoms with Gasteiger partial charge < -0.3 is 4.98 Å². The number of hydrogen-bond acceptors (Lipinski definition) is 3. The van der Waals surface area contributed by atoms with Crippen LogP contribution < -0.4 is 5.69 Å². The van der Waals surface area contributed by atoms with Gasteiger partial charge in [-0.2, -0.15) is 0 Å². The minimum atomic E-state index is -0.0510. The molecular formula is C9H9N3OS. The standard InChI is InChI=1S/C9H9N3OS/c13-9-11-7-5-10-4-3-8(7)12(9)14-6-1-2-6/h3-6H,1-2H2,(H,11,13). The van der Waals surface area contributed by atoms with Gasteiger partial charge in [0.1, 0.15) is 0 Å². The first-order valence-electron chi connectivity index (χ1n) is 4.56.